The molecule has 1 aliphatic heterocycles. The molecule has 2 aromatic carbocycles. The predicted molar refractivity (Wildman–Crippen MR) is 129 cm³/mol. The van der Waals surface area contributed by atoms with Crippen molar-refractivity contribution in [2.75, 3.05) is 33.4 Å². The van der Waals surface area contributed by atoms with Gasteiger partial charge in [0.2, 0.25) is 0 Å². The lowest BCUT2D eigenvalue weighted by Crippen LogP contribution is -2.41. The molecule has 1 atom stereocenters. The van der Waals surface area contributed by atoms with Crippen LogP contribution in [0, 0.1) is 5.92 Å². The third kappa shape index (κ3) is 7.85. The summed E-state index contributed by atoms with van der Waals surface area (Å²) in [6.45, 7) is 6.84. The molecule has 3 rings (SSSR count). The fourth-order valence-corrected chi connectivity index (χ4v) is 3.31. The normalized spacial score (nSPS) is 16.2. The zero-order valence-corrected chi connectivity index (χ0v) is 19.7. The van der Waals surface area contributed by atoms with E-state index in [9.17, 15) is 0 Å². The summed E-state index contributed by atoms with van der Waals surface area (Å²) in [4.78, 5) is 7.03. The van der Waals surface area contributed by atoms with E-state index in [1.165, 1.54) is 0 Å². The van der Waals surface area contributed by atoms with Crippen molar-refractivity contribution in [2.45, 2.75) is 26.5 Å². The molecule has 1 N–H and O–H groups in total. The van der Waals surface area contributed by atoms with E-state index >= 15 is 0 Å². The molecule has 2 aromatic rings. The van der Waals surface area contributed by atoms with Crippen LogP contribution in [0.1, 0.15) is 24.5 Å². The highest BCUT2D eigenvalue weighted by Gasteiger charge is 2.19. The maximum absolute atomic E-state index is 5.93. The topological polar surface area (TPSA) is 46.1 Å². The van der Waals surface area contributed by atoms with Gasteiger partial charge in [-0.1, -0.05) is 42.5 Å². The number of rotatable bonds is 8. The van der Waals surface area contributed by atoms with Gasteiger partial charge in [-0.25, -0.2) is 4.99 Å². The smallest absolute Gasteiger partial charge is 0.193 e. The highest BCUT2D eigenvalue weighted by molar-refractivity contribution is 14.0. The molecule has 1 saturated heterocycles. The van der Waals surface area contributed by atoms with Crippen molar-refractivity contribution in [3.63, 3.8) is 0 Å². The summed E-state index contributed by atoms with van der Waals surface area (Å²) in [6, 6.07) is 18.4. The Kier molecular flexibility index (Phi) is 10.3. The molecule has 6 heteroatoms. The highest BCUT2D eigenvalue weighted by Crippen LogP contribution is 2.17. The molecule has 0 amide bonds. The van der Waals surface area contributed by atoms with Gasteiger partial charge in [0, 0.05) is 32.7 Å². The summed E-state index contributed by atoms with van der Waals surface area (Å²) < 4.78 is 11.4. The fraction of sp³-hybridized carbons (Fsp3) is 0.435. The molecule has 29 heavy (non-hydrogen) atoms. The number of nitrogens with one attached hydrogen (secondary N) is 1. The minimum atomic E-state index is 0. The van der Waals surface area contributed by atoms with E-state index in [1.807, 2.05) is 30.3 Å². The van der Waals surface area contributed by atoms with E-state index in [0.29, 0.717) is 19.1 Å². The van der Waals surface area contributed by atoms with E-state index in [-0.39, 0.29) is 24.0 Å². The number of hydrogen-bond donors (Lipinski definition) is 1. The minimum Gasteiger partial charge on any atom is -0.489 e. The molecule has 0 bridgehead atoms. The SMILES string of the molecule is CCNC(=NCc1cccc(OCc2ccccc2)c1)N(C)CC1CCOC1.I. The molecule has 0 aliphatic carbocycles. The number of benzene rings is 2. The Morgan fingerprint density at radius 1 is 1.17 bits per heavy atom. The largest absolute Gasteiger partial charge is 0.489 e. The van der Waals surface area contributed by atoms with E-state index in [4.69, 9.17) is 14.5 Å². The molecule has 0 spiro atoms. The van der Waals surface area contributed by atoms with Crippen LogP contribution in [0.5, 0.6) is 5.75 Å². The second-order valence-corrected chi connectivity index (χ2v) is 7.20. The third-order valence-corrected chi connectivity index (χ3v) is 4.81. The summed E-state index contributed by atoms with van der Waals surface area (Å²) >= 11 is 0. The van der Waals surface area contributed by atoms with Gasteiger partial charge in [-0.2, -0.15) is 0 Å². The number of nitrogens with zero attached hydrogens (tertiary/aromatic N) is 2. The van der Waals surface area contributed by atoms with E-state index in [2.05, 4.69) is 48.5 Å². The zero-order chi connectivity index (χ0) is 19.6. The van der Waals surface area contributed by atoms with Gasteiger partial charge in [-0.15, -0.1) is 24.0 Å². The second kappa shape index (κ2) is 12.7. The van der Waals surface area contributed by atoms with Crippen LogP contribution >= 0.6 is 24.0 Å². The van der Waals surface area contributed by atoms with Crippen molar-refractivity contribution >= 4 is 29.9 Å². The van der Waals surface area contributed by atoms with Crippen LogP contribution in [0.25, 0.3) is 0 Å². The van der Waals surface area contributed by atoms with Crippen molar-refractivity contribution < 1.29 is 9.47 Å². The molecule has 1 aliphatic rings. The number of guanidine groups is 1. The Morgan fingerprint density at radius 2 is 1.97 bits per heavy atom. The van der Waals surface area contributed by atoms with Crippen LogP contribution in [0.3, 0.4) is 0 Å². The monoisotopic (exact) mass is 509 g/mol. The van der Waals surface area contributed by atoms with Gasteiger partial charge < -0.3 is 19.7 Å². The van der Waals surface area contributed by atoms with Crippen molar-refractivity contribution in [2.24, 2.45) is 10.9 Å². The van der Waals surface area contributed by atoms with Crippen LogP contribution in [0.15, 0.2) is 59.6 Å². The maximum Gasteiger partial charge on any atom is 0.193 e. The Hall–Kier alpha value is -1.80. The van der Waals surface area contributed by atoms with Gasteiger partial charge in [0.1, 0.15) is 12.4 Å². The first kappa shape index (κ1) is 23.5. The summed E-state index contributed by atoms with van der Waals surface area (Å²) in [7, 11) is 2.10. The van der Waals surface area contributed by atoms with Gasteiger partial charge in [0.25, 0.3) is 0 Å². The maximum atomic E-state index is 5.93. The van der Waals surface area contributed by atoms with Gasteiger partial charge in [-0.05, 0) is 36.6 Å². The van der Waals surface area contributed by atoms with E-state index < -0.39 is 0 Å². The van der Waals surface area contributed by atoms with Gasteiger partial charge >= 0.3 is 0 Å². The molecular weight excluding hydrogens is 477 g/mol. The Balaban J connectivity index is 0.00000300. The van der Waals surface area contributed by atoms with E-state index in [0.717, 1.165) is 55.6 Å². The van der Waals surface area contributed by atoms with Gasteiger partial charge in [0.05, 0.1) is 13.2 Å². The van der Waals surface area contributed by atoms with Crippen LogP contribution in [0.2, 0.25) is 0 Å². The minimum absolute atomic E-state index is 0. The Bertz CT molecular complexity index is 749. The fourth-order valence-electron chi connectivity index (χ4n) is 3.31. The molecule has 1 fully saturated rings. The molecule has 0 saturated carbocycles. The van der Waals surface area contributed by atoms with E-state index in [1.54, 1.807) is 0 Å². The molecule has 158 valence electrons. The molecule has 5 nitrogen and oxygen atoms in total. The Labute approximate surface area is 191 Å². The number of aliphatic imine (C=N–C) groups is 1. The van der Waals surface area contributed by atoms with Crippen molar-refractivity contribution in [1.29, 1.82) is 0 Å². The summed E-state index contributed by atoms with van der Waals surface area (Å²) in [5.41, 5.74) is 2.30. The van der Waals surface area contributed by atoms with Crippen LogP contribution in [0.4, 0.5) is 0 Å². The first-order valence-electron chi connectivity index (χ1n) is 10.1. The lowest BCUT2D eigenvalue weighted by Gasteiger charge is -2.24. The molecule has 0 radical (unpaired) electrons. The third-order valence-electron chi connectivity index (χ3n) is 4.81. The lowest BCUT2D eigenvalue weighted by atomic mass is 10.1. The number of hydrogen-bond acceptors (Lipinski definition) is 3. The second-order valence-electron chi connectivity index (χ2n) is 7.20. The van der Waals surface area contributed by atoms with Gasteiger partial charge in [0.15, 0.2) is 5.96 Å². The van der Waals surface area contributed by atoms with Crippen LogP contribution in [-0.2, 0) is 17.9 Å². The van der Waals surface area contributed by atoms with Crippen LogP contribution < -0.4 is 10.1 Å². The first-order chi connectivity index (χ1) is 13.7. The Morgan fingerprint density at radius 3 is 2.69 bits per heavy atom. The molecular formula is C23H32IN3O2. The summed E-state index contributed by atoms with van der Waals surface area (Å²) in [6.07, 6.45) is 1.13. The first-order valence-corrected chi connectivity index (χ1v) is 10.1. The number of ether oxygens (including phenoxy) is 2. The zero-order valence-electron chi connectivity index (χ0n) is 17.3. The average Bonchev–Trinajstić information content (AvgIpc) is 3.23. The highest BCUT2D eigenvalue weighted by atomic mass is 127. The van der Waals surface area contributed by atoms with Crippen molar-refractivity contribution in [1.82, 2.24) is 10.2 Å². The molecule has 1 heterocycles. The molecule has 1 unspecified atom stereocenters. The van der Waals surface area contributed by atoms with Gasteiger partial charge in [-0.3, -0.25) is 0 Å². The van der Waals surface area contributed by atoms with Crippen molar-refractivity contribution in [3.8, 4) is 5.75 Å². The summed E-state index contributed by atoms with van der Waals surface area (Å²) in [5, 5.41) is 3.39. The summed E-state index contributed by atoms with van der Waals surface area (Å²) in [5.74, 6) is 2.39. The van der Waals surface area contributed by atoms with Crippen molar-refractivity contribution in [3.05, 3.63) is 65.7 Å². The van der Waals surface area contributed by atoms with Crippen LogP contribution in [-0.4, -0.2) is 44.2 Å². The number of halogens is 1. The predicted octanol–water partition coefficient (Wildman–Crippen LogP) is 4.32. The molecule has 0 aromatic heterocycles. The quantitative estimate of drug-likeness (QED) is 0.327. The standard InChI is InChI=1S/C23H31N3O2.HI/c1-3-24-23(26(2)16-21-12-13-27-17-21)25-15-20-10-7-11-22(14-20)28-18-19-8-5-4-6-9-19;/h4-11,14,21H,3,12-13,15-18H2,1-2H3,(H,24,25);1H. The lowest BCUT2D eigenvalue weighted by molar-refractivity contribution is 0.181. The average molecular weight is 509 g/mol.